The van der Waals surface area contributed by atoms with Crippen LogP contribution < -0.4 is 5.32 Å². The number of likely N-dealkylation sites (tertiary alicyclic amines) is 1. The van der Waals surface area contributed by atoms with Crippen molar-refractivity contribution in [3.05, 3.63) is 29.5 Å². The fourth-order valence-electron chi connectivity index (χ4n) is 3.56. The molecule has 0 spiro atoms. The highest BCUT2D eigenvalue weighted by atomic mass is 35.5. The SMILES string of the molecule is Clc1ccc2c(NC3CCN(C4CCOC4)CC3)ncnc2c1. The number of fused-ring (bicyclic) bond motifs is 1. The molecule has 0 aliphatic carbocycles. The summed E-state index contributed by atoms with van der Waals surface area (Å²) < 4.78 is 5.51. The lowest BCUT2D eigenvalue weighted by molar-refractivity contribution is 0.124. The molecule has 0 radical (unpaired) electrons. The lowest BCUT2D eigenvalue weighted by Gasteiger charge is -2.35. The number of benzene rings is 1. The number of nitrogens with zero attached hydrogens (tertiary/aromatic N) is 3. The van der Waals surface area contributed by atoms with E-state index in [2.05, 4.69) is 20.2 Å². The van der Waals surface area contributed by atoms with Crippen molar-refractivity contribution in [2.24, 2.45) is 0 Å². The van der Waals surface area contributed by atoms with Gasteiger partial charge in [0.1, 0.15) is 12.1 Å². The van der Waals surface area contributed by atoms with Crippen molar-refractivity contribution in [2.75, 3.05) is 31.6 Å². The summed E-state index contributed by atoms with van der Waals surface area (Å²) >= 11 is 6.04. The van der Waals surface area contributed by atoms with Crippen LogP contribution in [0.3, 0.4) is 0 Å². The van der Waals surface area contributed by atoms with Gasteiger partial charge in [-0.15, -0.1) is 0 Å². The molecule has 1 aromatic carbocycles. The molecule has 0 amide bonds. The number of anilines is 1. The Labute approximate surface area is 141 Å². The maximum absolute atomic E-state index is 6.04. The Morgan fingerprint density at radius 2 is 2.04 bits per heavy atom. The predicted molar refractivity (Wildman–Crippen MR) is 92.0 cm³/mol. The molecule has 1 unspecified atom stereocenters. The van der Waals surface area contributed by atoms with Gasteiger partial charge in [-0.05, 0) is 37.5 Å². The van der Waals surface area contributed by atoms with E-state index >= 15 is 0 Å². The zero-order valence-electron chi connectivity index (χ0n) is 13.0. The van der Waals surface area contributed by atoms with E-state index in [1.807, 2.05) is 18.2 Å². The van der Waals surface area contributed by atoms with Gasteiger partial charge in [0, 0.05) is 42.2 Å². The molecule has 1 atom stereocenters. The fourth-order valence-corrected chi connectivity index (χ4v) is 3.72. The van der Waals surface area contributed by atoms with Crippen LogP contribution in [0.25, 0.3) is 10.9 Å². The molecule has 2 aliphatic heterocycles. The van der Waals surface area contributed by atoms with Crippen molar-refractivity contribution < 1.29 is 4.74 Å². The van der Waals surface area contributed by atoms with Gasteiger partial charge in [0.15, 0.2) is 0 Å². The van der Waals surface area contributed by atoms with E-state index in [1.54, 1.807) is 6.33 Å². The maximum atomic E-state index is 6.04. The molecule has 23 heavy (non-hydrogen) atoms. The van der Waals surface area contributed by atoms with E-state index in [0.29, 0.717) is 17.1 Å². The van der Waals surface area contributed by atoms with E-state index in [-0.39, 0.29) is 0 Å². The molecule has 3 heterocycles. The summed E-state index contributed by atoms with van der Waals surface area (Å²) in [5.74, 6) is 0.911. The van der Waals surface area contributed by atoms with Gasteiger partial charge in [0.2, 0.25) is 0 Å². The molecule has 1 aromatic heterocycles. The van der Waals surface area contributed by atoms with Gasteiger partial charge in [0.05, 0.1) is 12.1 Å². The van der Waals surface area contributed by atoms with Crippen LogP contribution >= 0.6 is 11.6 Å². The Bertz CT molecular complexity index is 681. The van der Waals surface area contributed by atoms with Crippen LogP contribution in [0.2, 0.25) is 5.02 Å². The third-order valence-electron chi connectivity index (χ3n) is 4.89. The quantitative estimate of drug-likeness (QED) is 0.936. The molecule has 2 aliphatic rings. The predicted octanol–water partition coefficient (Wildman–Crippen LogP) is 2.95. The summed E-state index contributed by atoms with van der Waals surface area (Å²) in [6.07, 6.45) is 5.05. The molecule has 0 bridgehead atoms. The second kappa shape index (κ2) is 6.59. The number of hydrogen-bond donors (Lipinski definition) is 1. The van der Waals surface area contributed by atoms with E-state index < -0.39 is 0 Å². The summed E-state index contributed by atoms with van der Waals surface area (Å²) in [6.45, 7) is 4.06. The molecule has 5 nitrogen and oxygen atoms in total. The van der Waals surface area contributed by atoms with Crippen LogP contribution in [0.1, 0.15) is 19.3 Å². The first-order valence-corrected chi connectivity index (χ1v) is 8.66. The molecule has 2 aromatic rings. The summed E-state index contributed by atoms with van der Waals surface area (Å²) in [5, 5.41) is 5.34. The Hall–Kier alpha value is -1.43. The van der Waals surface area contributed by atoms with Crippen molar-refractivity contribution in [1.82, 2.24) is 14.9 Å². The van der Waals surface area contributed by atoms with Gasteiger partial charge in [-0.3, -0.25) is 4.90 Å². The van der Waals surface area contributed by atoms with Crippen molar-refractivity contribution in [3.8, 4) is 0 Å². The minimum absolute atomic E-state index is 0.461. The maximum Gasteiger partial charge on any atom is 0.137 e. The average molecular weight is 333 g/mol. The highest BCUT2D eigenvalue weighted by molar-refractivity contribution is 6.31. The van der Waals surface area contributed by atoms with Gasteiger partial charge in [0.25, 0.3) is 0 Å². The van der Waals surface area contributed by atoms with Gasteiger partial charge in [-0.2, -0.15) is 0 Å². The lowest BCUT2D eigenvalue weighted by Crippen LogP contribution is -2.44. The van der Waals surface area contributed by atoms with Gasteiger partial charge in [-0.25, -0.2) is 9.97 Å². The van der Waals surface area contributed by atoms with Crippen LogP contribution in [0.5, 0.6) is 0 Å². The van der Waals surface area contributed by atoms with Gasteiger partial charge >= 0.3 is 0 Å². The van der Waals surface area contributed by atoms with Crippen molar-refractivity contribution in [2.45, 2.75) is 31.3 Å². The normalized spacial score (nSPS) is 23.4. The number of piperidine rings is 1. The Morgan fingerprint density at radius 1 is 1.17 bits per heavy atom. The molecule has 122 valence electrons. The standard InChI is InChI=1S/C17H21ClN4O/c18-12-1-2-15-16(9-12)19-11-20-17(15)21-13-3-6-22(7-4-13)14-5-8-23-10-14/h1-2,9,11,13-14H,3-8,10H2,(H,19,20,21). The molecule has 6 heteroatoms. The van der Waals surface area contributed by atoms with E-state index in [1.165, 1.54) is 6.42 Å². The molecule has 1 N–H and O–H groups in total. The summed E-state index contributed by atoms with van der Waals surface area (Å²) in [5.41, 5.74) is 0.885. The Balaban J connectivity index is 1.43. The van der Waals surface area contributed by atoms with E-state index in [4.69, 9.17) is 16.3 Å². The second-order valence-electron chi connectivity index (χ2n) is 6.36. The summed E-state index contributed by atoms with van der Waals surface area (Å²) in [4.78, 5) is 11.3. The number of nitrogens with one attached hydrogen (secondary N) is 1. The minimum atomic E-state index is 0.461. The van der Waals surface area contributed by atoms with Crippen LogP contribution in [-0.4, -0.2) is 53.3 Å². The Morgan fingerprint density at radius 3 is 2.83 bits per heavy atom. The van der Waals surface area contributed by atoms with Crippen LogP contribution in [-0.2, 0) is 4.74 Å². The molecular formula is C17H21ClN4O. The van der Waals surface area contributed by atoms with Crippen molar-refractivity contribution in [1.29, 1.82) is 0 Å². The first-order valence-electron chi connectivity index (χ1n) is 8.28. The lowest BCUT2D eigenvalue weighted by atomic mass is 10.0. The summed E-state index contributed by atoms with van der Waals surface area (Å²) in [7, 11) is 0. The number of halogens is 1. The first-order chi connectivity index (χ1) is 11.3. The molecule has 0 saturated carbocycles. The third kappa shape index (κ3) is 3.27. The molecule has 4 rings (SSSR count). The number of ether oxygens (including phenoxy) is 1. The van der Waals surface area contributed by atoms with E-state index in [0.717, 1.165) is 55.9 Å². The third-order valence-corrected chi connectivity index (χ3v) is 5.13. The van der Waals surface area contributed by atoms with Crippen molar-refractivity contribution in [3.63, 3.8) is 0 Å². The minimum Gasteiger partial charge on any atom is -0.380 e. The second-order valence-corrected chi connectivity index (χ2v) is 6.79. The summed E-state index contributed by atoms with van der Waals surface area (Å²) in [6, 6.07) is 6.85. The zero-order chi connectivity index (χ0) is 15.6. The highest BCUT2D eigenvalue weighted by Crippen LogP contribution is 2.25. The van der Waals surface area contributed by atoms with Crippen molar-refractivity contribution >= 4 is 28.3 Å². The Kier molecular flexibility index (Phi) is 4.33. The first kappa shape index (κ1) is 15.1. The number of hydrogen-bond acceptors (Lipinski definition) is 5. The molecule has 2 saturated heterocycles. The number of rotatable bonds is 3. The van der Waals surface area contributed by atoms with E-state index in [9.17, 15) is 0 Å². The fraction of sp³-hybridized carbons (Fsp3) is 0.529. The smallest absolute Gasteiger partial charge is 0.137 e. The van der Waals surface area contributed by atoms with Gasteiger partial charge < -0.3 is 10.1 Å². The molecular weight excluding hydrogens is 312 g/mol. The molecule has 2 fully saturated rings. The topological polar surface area (TPSA) is 50.3 Å². The zero-order valence-corrected chi connectivity index (χ0v) is 13.8. The van der Waals surface area contributed by atoms with Crippen LogP contribution in [0.4, 0.5) is 5.82 Å². The number of aromatic nitrogens is 2. The average Bonchev–Trinajstić information content (AvgIpc) is 3.10. The monoisotopic (exact) mass is 332 g/mol. The highest BCUT2D eigenvalue weighted by Gasteiger charge is 2.27. The van der Waals surface area contributed by atoms with Crippen LogP contribution in [0, 0.1) is 0 Å². The largest absolute Gasteiger partial charge is 0.380 e. The van der Waals surface area contributed by atoms with Gasteiger partial charge in [-0.1, -0.05) is 11.6 Å². The van der Waals surface area contributed by atoms with Crippen LogP contribution in [0.15, 0.2) is 24.5 Å².